The number of benzene rings is 1. The van der Waals surface area contributed by atoms with Crippen molar-refractivity contribution in [2.45, 2.75) is 11.4 Å². The number of amides is 1. The number of hydrogen-bond donors (Lipinski definition) is 1. The molecule has 0 spiro atoms. The summed E-state index contributed by atoms with van der Waals surface area (Å²) in [5, 5.41) is 0. The fourth-order valence-corrected chi connectivity index (χ4v) is 3.17. The third-order valence-electron chi connectivity index (χ3n) is 3.81. The first kappa shape index (κ1) is 19.7. The summed E-state index contributed by atoms with van der Waals surface area (Å²) in [5.74, 6) is -0.774. The third kappa shape index (κ3) is 4.12. The summed E-state index contributed by atoms with van der Waals surface area (Å²) < 4.78 is 29.9. The number of rotatable bonds is 6. The smallest absolute Gasteiger partial charge is 0.337 e. The van der Waals surface area contributed by atoms with E-state index in [1.54, 1.807) is 31.3 Å². The van der Waals surface area contributed by atoms with Crippen LogP contribution in [0.1, 0.15) is 26.4 Å². The molecule has 0 fully saturated rings. The molecule has 0 unspecified atom stereocenters. The average molecular weight is 379 g/mol. The zero-order valence-corrected chi connectivity index (χ0v) is 15.8. The van der Waals surface area contributed by atoms with Gasteiger partial charge < -0.3 is 14.6 Å². The Kier molecular flexibility index (Phi) is 5.83. The number of nitrogens with one attached hydrogen (secondary N) is 1. The van der Waals surface area contributed by atoms with Crippen molar-refractivity contribution in [3.8, 4) is 0 Å². The standard InChI is InChI=1S/C17H21N3O5S/c1-19(2)26(23,24)14-9-15(18-10-14)16(21)20(3)11-12-5-7-13(8-6-12)17(22)25-4/h5-10,18H,11H2,1-4H3. The third-order valence-corrected chi connectivity index (χ3v) is 5.60. The molecule has 8 nitrogen and oxygen atoms in total. The Hall–Kier alpha value is -2.65. The maximum Gasteiger partial charge on any atom is 0.337 e. The van der Waals surface area contributed by atoms with E-state index < -0.39 is 16.0 Å². The van der Waals surface area contributed by atoms with E-state index in [1.165, 1.54) is 38.4 Å². The number of carbonyl (C=O) groups is 2. The number of sulfonamides is 1. The van der Waals surface area contributed by atoms with Gasteiger partial charge in [-0.15, -0.1) is 0 Å². The van der Waals surface area contributed by atoms with Gasteiger partial charge in [-0.3, -0.25) is 4.79 Å². The quantitative estimate of drug-likeness (QED) is 0.763. The van der Waals surface area contributed by atoms with E-state index in [1.807, 2.05) is 0 Å². The number of aromatic nitrogens is 1. The Bertz CT molecular complexity index is 901. The van der Waals surface area contributed by atoms with Crippen molar-refractivity contribution in [1.82, 2.24) is 14.2 Å². The van der Waals surface area contributed by atoms with Crippen LogP contribution in [0.3, 0.4) is 0 Å². The minimum atomic E-state index is -3.60. The highest BCUT2D eigenvalue weighted by Crippen LogP contribution is 2.16. The van der Waals surface area contributed by atoms with Crippen LogP contribution in [0, 0.1) is 0 Å². The van der Waals surface area contributed by atoms with Crippen molar-refractivity contribution in [2.24, 2.45) is 0 Å². The van der Waals surface area contributed by atoms with Gasteiger partial charge in [0.15, 0.2) is 0 Å². The summed E-state index contributed by atoms with van der Waals surface area (Å²) in [5.41, 5.74) is 1.42. The molecule has 0 aliphatic carbocycles. The van der Waals surface area contributed by atoms with Crippen molar-refractivity contribution in [1.29, 1.82) is 0 Å². The molecule has 0 saturated carbocycles. The van der Waals surface area contributed by atoms with Gasteiger partial charge in [0.05, 0.1) is 12.7 Å². The molecule has 1 aromatic carbocycles. The summed E-state index contributed by atoms with van der Waals surface area (Å²) in [4.78, 5) is 28.1. The fourth-order valence-electron chi connectivity index (χ4n) is 2.27. The van der Waals surface area contributed by atoms with E-state index in [4.69, 9.17) is 0 Å². The summed E-state index contributed by atoms with van der Waals surface area (Å²) in [7, 11) is 2.16. The molecule has 2 aromatic rings. The van der Waals surface area contributed by atoms with Crippen molar-refractivity contribution in [2.75, 3.05) is 28.3 Å². The van der Waals surface area contributed by atoms with Gasteiger partial charge in [0, 0.05) is 33.9 Å². The largest absolute Gasteiger partial charge is 0.465 e. The molecule has 0 atom stereocenters. The molecule has 0 radical (unpaired) electrons. The van der Waals surface area contributed by atoms with Crippen molar-refractivity contribution >= 4 is 21.9 Å². The molecule has 26 heavy (non-hydrogen) atoms. The van der Waals surface area contributed by atoms with E-state index in [-0.39, 0.29) is 16.5 Å². The second kappa shape index (κ2) is 7.71. The second-order valence-electron chi connectivity index (χ2n) is 5.89. The Morgan fingerprint density at radius 1 is 1.12 bits per heavy atom. The van der Waals surface area contributed by atoms with Crippen LogP contribution < -0.4 is 0 Å². The van der Waals surface area contributed by atoms with Gasteiger partial charge in [-0.25, -0.2) is 17.5 Å². The lowest BCUT2D eigenvalue weighted by Gasteiger charge is -2.16. The molecular weight excluding hydrogens is 358 g/mol. The molecule has 9 heteroatoms. The van der Waals surface area contributed by atoms with Gasteiger partial charge in [0.2, 0.25) is 10.0 Å². The minimum Gasteiger partial charge on any atom is -0.465 e. The highest BCUT2D eigenvalue weighted by Gasteiger charge is 2.22. The number of esters is 1. The molecule has 2 rings (SSSR count). The summed E-state index contributed by atoms with van der Waals surface area (Å²) in [6, 6.07) is 8.01. The van der Waals surface area contributed by atoms with Crippen LogP contribution in [0.25, 0.3) is 0 Å². The van der Waals surface area contributed by atoms with Crippen LogP contribution in [0.4, 0.5) is 0 Å². The lowest BCUT2D eigenvalue weighted by molar-refractivity contribution is 0.0600. The number of H-pyrrole nitrogens is 1. The first-order valence-electron chi connectivity index (χ1n) is 7.70. The van der Waals surface area contributed by atoms with Gasteiger partial charge in [-0.05, 0) is 23.8 Å². The van der Waals surface area contributed by atoms with E-state index >= 15 is 0 Å². The lowest BCUT2D eigenvalue weighted by Crippen LogP contribution is -2.26. The average Bonchev–Trinajstić information content (AvgIpc) is 3.11. The van der Waals surface area contributed by atoms with Crippen molar-refractivity contribution in [3.63, 3.8) is 0 Å². The van der Waals surface area contributed by atoms with E-state index in [9.17, 15) is 18.0 Å². The summed E-state index contributed by atoms with van der Waals surface area (Å²) in [6.45, 7) is 0.301. The van der Waals surface area contributed by atoms with Crippen LogP contribution >= 0.6 is 0 Å². The molecule has 1 heterocycles. The SMILES string of the molecule is COC(=O)c1ccc(CN(C)C(=O)c2cc(S(=O)(=O)N(C)C)c[nH]2)cc1. The van der Waals surface area contributed by atoms with E-state index in [0.29, 0.717) is 12.1 Å². The number of carbonyl (C=O) groups excluding carboxylic acids is 2. The van der Waals surface area contributed by atoms with Gasteiger partial charge >= 0.3 is 5.97 Å². The van der Waals surface area contributed by atoms with Crippen LogP contribution in [-0.2, 0) is 21.3 Å². The minimum absolute atomic E-state index is 0.0293. The summed E-state index contributed by atoms with van der Waals surface area (Å²) in [6.07, 6.45) is 1.29. The Balaban J connectivity index is 2.11. The summed E-state index contributed by atoms with van der Waals surface area (Å²) >= 11 is 0. The van der Waals surface area contributed by atoms with Gasteiger partial charge in [0.25, 0.3) is 5.91 Å². The number of aromatic amines is 1. The highest BCUT2D eigenvalue weighted by atomic mass is 32.2. The highest BCUT2D eigenvalue weighted by molar-refractivity contribution is 7.89. The number of nitrogens with zero attached hydrogens (tertiary/aromatic N) is 2. The second-order valence-corrected chi connectivity index (χ2v) is 8.04. The molecule has 0 aliphatic heterocycles. The van der Waals surface area contributed by atoms with Crippen LogP contribution in [-0.4, -0.2) is 62.7 Å². The first-order chi connectivity index (χ1) is 12.2. The zero-order chi connectivity index (χ0) is 19.5. The molecule has 1 amide bonds. The first-order valence-corrected chi connectivity index (χ1v) is 9.14. The molecule has 0 aliphatic rings. The predicted molar refractivity (Wildman–Crippen MR) is 95.2 cm³/mol. The Morgan fingerprint density at radius 3 is 2.27 bits per heavy atom. The van der Waals surface area contributed by atoms with E-state index in [0.717, 1.165) is 9.87 Å². The maximum absolute atomic E-state index is 12.5. The molecule has 1 N–H and O–H groups in total. The molecular formula is C17H21N3O5S. The lowest BCUT2D eigenvalue weighted by atomic mass is 10.1. The number of ether oxygens (including phenoxy) is 1. The number of methoxy groups -OCH3 is 1. The van der Waals surface area contributed by atoms with Gasteiger partial charge in [-0.1, -0.05) is 12.1 Å². The number of hydrogen-bond acceptors (Lipinski definition) is 5. The van der Waals surface area contributed by atoms with Crippen molar-refractivity contribution in [3.05, 3.63) is 53.3 Å². The Labute approximate surface area is 152 Å². The fraction of sp³-hybridized carbons (Fsp3) is 0.294. The molecule has 0 saturated heterocycles. The normalized spacial score (nSPS) is 11.4. The topological polar surface area (TPSA) is 99.8 Å². The monoisotopic (exact) mass is 379 g/mol. The zero-order valence-electron chi connectivity index (χ0n) is 15.0. The maximum atomic E-state index is 12.5. The Morgan fingerprint density at radius 2 is 1.73 bits per heavy atom. The van der Waals surface area contributed by atoms with Crippen LogP contribution in [0.5, 0.6) is 0 Å². The van der Waals surface area contributed by atoms with E-state index in [2.05, 4.69) is 9.72 Å². The van der Waals surface area contributed by atoms with Gasteiger partial charge in [0.1, 0.15) is 10.6 Å². The van der Waals surface area contributed by atoms with Crippen LogP contribution in [0.15, 0.2) is 41.4 Å². The van der Waals surface area contributed by atoms with Gasteiger partial charge in [-0.2, -0.15) is 0 Å². The molecule has 0 bridgehead atoms. The predicted octanol–water partition coefficient (Wildman–Crippen LogP) is 1.32. The molecule has 140 valence electrons. The molecule has 1 aromatic heterocycles. The van der Waals surface area contributed by atoms with Crippen LogP contribution in [0.2, 0.25) is 0 Å². The van der Waals surface area contributed by atoms with Crippen molar-refractivity contribution < 1.29 is 22.7 Å².